The molecule has 3 heteroatoms. The van der Waals surface area contributed by atoms with E-state index >= 15 is 0 Å². The van der Waals surface area contributed by atoms with Gasteiger partial charge in [-0.05, 0) is 122 Å². The van der Waals surface area contributed by atoms with Gasteiger partial charge >= 0.3 is 0 Å². The summed E-state index contributed by atoms with van der Waals surface area (Å²) >= 11 is 0. The normalized spacial score (nSPS) is 11.3. The molecule has 0 aliphatic carbocycles. The molecule has 0 saturated carbocycles. The van der Waals surface area contributed by atoms with Gasteiger partial charge in [0.2, 0.25) is 5.95 Å². The van der Waals surface area contributed by atoms with Gasteiger partial charge in [-0.15, -0.1) is 0 Å². The highest BCUT2D eigenvalue weighted by Gasteiger charge is 2.25. The molecule has 6 rings (SSSR count). The zero-order valence-corrected chi connectivity index (χ0v) is 25.3. The number of hydrogen-bond donors (Lipinski definition) is 0. The predicted octanol–water partition coefficient (Wildman–Crippen LogP) is 10.1. The zero-order valence-electron chi connectivity index (χ0n) is 25.3. The van der Waals surface area contributed by atoms with Crippen molar-refractivity contribution >= 4 is 28.1 Å². The fraction of sp³-hybridized carbons (Fsp3) is 0.179. The molecule has 5 aromatic carbocycles. The number of aryl methyl sites for hydroxylation is 6. The molecular formula is C39H37N3. The smallest absolute Gasteiger partial charge is 0.234 e. The Hall–Kier alpha value is -4.76. The summed E-state index contributed by atoms with van der Waals surface area (Å²) in [5.41, 5.74) is 14.0. The molecule has 0 atom stereocenters. The van der Waals surface area contributed by atoms with Crippen LogP contribution in [0.5, 0.6) is 0 Å². The van der Waals surface area contributed by atoms with E-state index < -0.39 is 0 Å². The molecule has 0 unspecified atom stereocenters. The van der Waals surface area contributed by atoms with Crippen LogP contribution in [0, 0.1) is 41.5 Å². The van der Waals surface area contributed by atoms with Gasteiger partial charge in [0.05, 0.1) is 0 Å². The van der Waals surface area contributed by atoms with Crippen LogP contribution in [-0.2, 0) is 0 Å². The minimum Gasteiger partial charge on any atom is -0.279 e. The molecule has 6 aromatic rings. The monoisotopic (exact) mass is 547 g/mol. The number of rotatable bonds is 6. The molecule has 0 amide bonds. The van der Waals surface area contributed by atoms with Crippen LogP contribution in [-0.4, -0.2) is 9.97 Å². The molecule has 208 valence electrons. The maximum Gasteiger partial charge on any atom is 0.234 e. The Kier molecular flexibility index (Phi) is 7.34. The Morgan fingerprint density at radius 2 is 1.00 bits per heavy atom. The molecule has 0 saturated heterocycles. The molecule has 0 spiro atoms. The van der Waals surface area contributed by atoms with Crippen molar-refractivity contribution in [3.05, 3.63) is 160 Å². The second-order valence-corrected chi connectivity index (χ2v) is 11.6. The fourth-order valence-corrected chi connectivity index (χ4v) is 6.69. The van der Waals surface area contributed by atoms with E-state index in [9.17, 15) is 0 Å². The van der Waals surface area contributed by atoms with Crippen molar-refractivity contribution in [1.82, 2.24) is 9.97 Å². The molecule has 0 radical (unpaired) electrons. The van der Waals surface area contributed by atoms with Gasteiger partial charge in [-0.2, -0.15) is 0 Å². The van der Waals surface area contributed by atoms with E-state index in [0.29, 0.717) is 5.95 Å². The summed E-state index contributed by atoms with van der Waals surface area (Å²) < 4.78 is 0. The molecule has 0 aliphatic rings. The van der Waals surface area contributed by atoms with E-state index in [0.717, 1.165) is 11.4 Å². The Labute approximate surface area is 249 Å². The van der Waals surface area contributed by atoms with Crippen LogP contribution in [0.3, 0.4) is 0 Å². The van der Waals surface area contributed by atoms with Crippen LogP contribution >= 0.6 is 0 Å². The van der Waals surface area contributed by atoms with Crippen LogP contribution in [0.25, 0.3) is 10.8 Å². The van der Waals surface area contributed by atoms with Crippen molar-refractivity contribution in [3.63, 3.8) is 0 Å². The zero-order chi connectivity index (χ0) is 29.4. The van der Waals surface area contributed by atoms with Gasteiger partial charge in [-0.1, -0.05) is 77.9 Å². The topological polar surface area (TPSA) is 29.0 Å². The highest BCUT2D eigenvalue weighted by Crippen LogP contribution is 2.41. The summed E-state index contributed by atoms with van der Waals surface area (Å²) in [4.78, 5) is 11.4. The SMILES string of the molecule is Cc1cc(C)c(C(c2ccc(N(c3ccc4ccccc4c3)c3ncccn3)cc2)c2c(C)cc(C)cc2C)c(C)c1. The Morgan fingerprint density at radius 1 is 0.500 bits per heavy atom. The van der Waals surface area contributed by atoms with Gasteiger partial charge in [0.15, 0.2) is 0 Å². The summed E-state index contributed by atoms with van der Waals surface area (Å²) in [6.07, 6.45) is 3.60. The van der Waals surface area contributed by atoms with Crippen LogP contribution in [0.2, 0.25) is 0 Å². The van der Waals surface area contributed by atoms with E-state index in [1.165, 1.54) is 60.8 Å². The van der Waals surface area contributed by atoms with Crippen molar-refractivity contribution in [2.24, 2.45) is 0 Å². The predicted molar refractivity (Wildman–Crippen MR) is 176 cm³/mol. The number of benzene rings is 5. The number of aromatic nitrogens is 2. The third kappa shape index (κ3) is 5.19. The lowest BCUT2D eigenvalue weighted by atomic mass is 9.77. The highest BCUT2D eigenvalue weighted by molar-refractivity contribution is 5.88. The summed E-state index contributed by atoms with van der Waals surface area (Å²) in [6, 6.07) is 35.1. The molecule has 42 heavy (non-hydrogen) atoms. The van der Waals surface area contributed by atoms with Crippen molar-refractivity contribution in [2.75, 3.05) is 4.90 Å². The maximum atomic E-state index is 4.64. The first-order chi connectivity index (χ1) is 20.3. The van der Waals surface area contributed by atoms with E-state index in [2.05, 4.69) is 147 Å². The maximum absolute atomic E-state index is 4.64. The molecule has 1 aromatic heterocycles. The van der Waals surface area contributed by atoms with Gasteiger partial charge in [-0.3, -0.25) is 4.90 Å². The number of hydrogen-bond acceptors (Lipinski definition) is 3. The minimum absolute atomic E-state index is 0.127. The summed E-state index contributed by atoms with van der Waals surface area (Å²) in [5, 5.41) is 2.39. The minimum atomic E-state index is 0.127. The first kappa shape index (κ1) is 27.4. The fourth-order valence-electron chi connectivity index (χ4n) is 6.69. The molecule has 0 bridgehead atoms. The van der Waals surface area contributed by atoms with Gasteiger partial charge < -0.3 is 0 Å². The van der Waals surface area contributed by atoms with Gasteiger partial charge in [-0.25, -0.2) is 9.97 Å². The second kappa shape index (κ2) is 11.3. The van der Waals surface area contributed by atoms with Crippen molar-refractivity contribution in [2.45, 2.75) is 47.5 Å². The van der Waals surface area contributed by atoms with Crippen molar-refractivity contribution < 1.29 is 0 Å². The lowest BCUT2D eigenvalue weighted by Crippen LogP contribution is -2.14. The summed E-state index contributed by atoms with van der Waals surface area (Å²) in [6.45, 7) is 13.4. The van der Waals surface area contributed by atoms with Crippen molar-refractivity contribution in [1.29, 1.82) is 0 Å². The van der Waals surface area contributed by atoms with E-state index in [1.807, 2.05) is 6.07 Å². The van der Waals surface area contributed by atoms with E-state index in [-0.39, 0.29) is 5.92 Å². The Bertz CT molecular complexity index is 1780. The lowest BCUT2D eigenvalue weighted by Gasteiger charge is -2.28. The van der Waals surface area contributed by atoms with Gasteiger partial charge in [0.25, 0.3) is 0 Å². The van der Waals surface area contributed by atoms with Crippen molar-refractivity contribution in [3.8, 4) is 0 Å². The van der Waals surface area contributed by atoms with Crippen LogP contribution in [0.15, 0.2) is 109 Å². The average molecular weight is 548 g/mol. The highest BCUT2D eigenvalue weighted by atomic mass is 15.3. The number of anilines is 3. The second-order valence-electron chi connectivity index (χ2n) is 11.6. The average Bonchev–Trinajstić information content (AvgIpc) is 2.96. The molecule has 1 heterocycles. The first-order valence-electron chi connectivity index (χ1n) is 14.6. The molecule has 0 N–H and O–H groups in total. The third-order valence-electron chi connectivity index (χ3n) is 8.28. The Balaban J connectivity index is 1.51. The van der Waals surface area contributed by atoms with Crippen LogP contribution in [0.1, 0.15) is 56.0 Å². The van der Waals surface area contributed by atoms with Crippen LogP contribution < -0.4 is 4.90 Å². The van der Waals surface area contributed by atoms with Crippen LogP contribution in [0.4, 0.5) is 17.3 Å². The Morgan fingerprint density at radius 3 is 1.55 bits per heavy atom. The lowest BCUT2D eigenvalue weighted by molar-refractivity contribution is 0.919. The number of fused-ring (bicyclic) bond motifs is 1. The molecule has 0 fully saturated rings. The standard InChI is InChI=1S/C39H37N3/c1-25-20-27(3)36(28(4)21-25)38(37-29(5)22-26(2)23-30(37)6)32-13-15-34(16-14-32)42(39-40-18-9-19-41-39)35-17-12-31-10-7-8-11-33(31)24-35/h7-24,38H,1-6H3. The van der Waals surface area contributed by atoms with Gasteiger partial charge in [0, 0.05) is 29.7 Å². The molecular weight excluding hydrogens is 510 g/mol. The summed E-state index contributed by atoms with van der Waals surface area (Å²) in [5.74, 6) is 0.773. The van der Waals surface area contributed by atoms with Gasteiger partial charge in [0.1, 0.15) is 0 Å². The molecule has 3 nitrogen and oxygen atoms in total. The summed E-state index contributed by atoms with van der Waals surface area (Å²) in [7, 11) is 0. The van der Waals surface area contributed by atoms with E-state index in [1.54, 1.807) is 12.4 Å². The molecule has 0 aliphatic heterocycles. The first-order valence-corrected chi connectivity index (χ1v) is 14.6. The largest absolute Gasteiger partial charge is 0.279 e. The third-order valence-corrected chi connectivity index (χ3v) is 8.28. The number of nitrogens with zero attached hydrogens (tertiary/aromatic N) is 3. The van der Waals surface area contributed by atoms with E-state index in [4.69, 9.17) is 0 Å². The quantitative estimate of drug-likeness (QED) is 0.194.